The van der Waals surface area contributed by atoms with Gasteiger partial charge in [0.15, 0.2) is 11.6 Å². The van der Waals surface area contributed by atoms with Crippen molar-refractivity contribution in [2.45, 2.75) is 6.18 Å². The molecule has 0 saturated carbocycles. The van der Waals surface area contributed by atoms with Crippen LogP contribution < -0.4 is 15.4 Å². The molecule has 0 fully saturated rings. The Bertz CT molecular complexity index is 1500. The second kappa shape index (κ2) is 9.47. The van der Waals surface area contributed by atoms with Crippen LogP contribution in [-0.2, 0) is 13.2 Å². The van der Waals surface area contributed by atoms with Gasteiger partial charge >= 0.3 is 6.18 Å². The number of benzene rings is 3. The first-order chi connectivity index (χ1) is 16.9. The Morgan fingerprint density at radius 3 is 2.42 bits per heavy atom. The van der Waals surface area contributed by atoms with Gasteiger partial charge in [-0.05, 0) is 36.4 Å². The van der Waals surface area contributed by atoms with E-state index in [2.05, 4.69) is 15.7 Å². The maximum absolute atomic E-state index is 13.9. The molecule has 36 heavy (non-hydrogen) atoms. The van der Waals surface area contributed by atoms with Gasteiger partial charge in [-0.2, -0.15) is 18.3 Å². The number of hydrogen-bond acceptors (Lipinski definition) is 4. The van der Waals surface area contributed by atoms with Gasteiger partial charge in [-0.1, -0.05) is 23.2 Å². The summed E-state index contributed by atoms with van der Waals surface area (Å²) >= 11 is 12.6. The van der Waals surface area contributed by atoms with Crippen molar-refractivity contribution in [2.75, 3.05) is 17.7 Å². The molecule has 0 bridgehead atoms. The first-order valence-electron chi connectivity index (χ1n) is 10.1. The first-order valence-corrected chi connectivity index (χ1v) is 10.8. The van der Waals surface area contributed by atoms with E-state index in [1.807, 2.05) is 0 Å². The lowest BCUT2D eigenvalue weighted by molar-refractivity contribution is -0.137. The minimum atomic E-state index is -4.88. The number of rotatable bonds is 5. The number of nitrogens with zero attached hydrogens (tertiary/aromatic N) is 2. The van der Waals surface area contributed by atoms with Gasteiger partial charge in [-0.15, -0.1) is 0 Å². The van der Waals surface area contributed by atoms with E-state index in [9.17, 15) is 26.7 Å². The SMILES string of the molecule is CNc1nn(C)c2c(Cl)cc(NC(=O)c3cc(F)cc(C(F)(F)F)c3)c(Oc3cc(F)ccc3Cl)c12. The molecule has 0 spiro atoms. The standard InChI is InChI=1S/C23H15Cl2F5N4O2/c1-31-21-18-19(34(2)33-21)15(25)9-16(20(18)36-17-8-12(26)3-4-14(17)24)32-22(35)10-5-11(23(28,29)30)7-13(27)6-10/h3-9H,1-2H3,(H,31,33)(H,32,35). The van der Waals surface area contributed by atoms with Crippen LogP contribution in [0.25, 0.3) is 10.9 Å². The van der Waals surface area contributed by atoms with Crippen LogP contribution in [0, 0.1) is 11.6 Å². The fourth-order valence-corrected chi connectivity index (χ4v) is 4.01. The van der Waals surface area contributed by atoms with E-state index in [1.54, 1.807) is 14.1 Å². The Morgan fingerprint density at radius 1 is 1.03 bits per heavy atom. The van der Waals surface area contributed by atoms with Crippen molar-refractivity contribution in [1.29, 1.82) is 0 Å². The molecule has 3 aromatic carbocycles. The minimum Gasteiger partial charge on any atom is -0.453 e. The number of carbonyl (C=O) groups is 1. The maximum Gasteiger partial charge on any atom is 0.416 e. The summed E-state index contributed by atoms with van der Waals surface area (Å²) in [5.74, 6) is -2.94. The number of ether oxygens (including phenoxy) is 1. The summed E-state index contributed by atoms with van der Waals surface area (Å²) in [6.07, 6.45) is -4.88. The monoisotopic (exact) mass is 544 g/mol. The molecule has 13 heteroatoms. The molecule has 6 nitrogen and oxygen atoms in total. The Kier molecular flexibility index (Phi) is 6.72. The molecule has 0 aliphatic rings. The average Bonchev–Trinajstić information content (AvgIpc) is 3.14. The van der Waals surface area contributed by atoms with Gasteiger partial charge in [-0.3, -0.25) is 9.48 Å². The van der Waals surface area contributed by atoms with E-state index >= 15 is 0 Å². The number of aromatic nitrogens is 2. The fourth-order valence-electron chi connectivity index (χ4n) is 3.53. The van der Waals surface area contributed by atoms with Crippen LogP contribution in [0.1, 0.15) is 15.9 Å². The van der Waals surface area contributed by atoms with Gasteiger partial charge in [0, 0.05) is 25.7 Å². The molecule has 0 unspecified atom stereocenters. The smallest absolute Gasteiger partial charge is 0.416 e. The summed E-state index contributed by atoms with van der Waals surface area (Å²) in [4.78, 5) is 12.9. The van der Waals surface area contributed by atoms with Crippen molar-refractivity contribution in [1.82, 2.24) is 9.78 Å². The molecule has 1 heterocycles. The number of carbonyl (C=O) groups excluding carboxylic acids is 1. The van der Waals surface area contributed by atoms with Gasteiger partial charge in [0.2, 0.25) is 0 Å². The van der Waals surface area contributed by atoms with Crippen molar-refractivity contribution in [2.24, 2.45) is 7.05 Å². The van der Waals surface area contributed by atoms with E-state index in [0.717, 1.165) is 12.1 Å². The Hall–Kier alpha value is -3.57. The zero-order valence-corrected chi connectivity index (χ0v) is 19.9. The van der Waals surface area contributed by atoms with Crippen molar-refractivity contribution < 1.29 is 31.5 Å². The zero-order chi connectivity index (χ0) is 26.4. The predicted octanol–water partition coefficient (Wildman–Crippen LogP) is 7.26. The Labute approximate surface area is 210 Å². The van der Waals surface area contributed by atoms with Crippen molar-refractivity contribution >= 4 is 51.5 Å². The number of amides is 1. The van der Waals surface area contributed by atoms with Crippen molar-refractivity contribution in [3.63, 3.8) is 0 Å². The average molecular weight is 545 g/mol. The van der Waals surface area contributed by atoms with Crippen LogP contribution in [0.5, 0.6) is 11.5 Å². The number of alkyl halides is 3. The topological polar surface area (TPSA) is 68.2 Å². The van der Waals surface area contributed by atoms with E-state index in [4.69, 9.17) is 27.9 Å². The minimum absolute atomic E-state index is 0.0339. The number of fused-ring (bicyclic) bond motifs is 1. The van der Waals surface area contributed by atoms with Gasteiger partial charge in [0.05, 0.1) is 32.2 Å². The fraction of sp³-hybridized carbons (Fsp3) is 0.130. The van der Waals surface area contributed by atoms with Crippen LogP contribution in [0.2, 0.25) is 10.0 Å². The second-order valence-corrected chi connectivity index (χ2v) is 8.35. The quantitative estimate of drug-likeness (QED) is 0.259. The van der Waals surface area contributed by atoms with Crippen LogP contribution in [0.4, 0.5) is 33.5 Å². The normalized spacial score (nSPS) is 11.6. The summed E-state index contributed by atoms with van der Waals surface area (Å²) in [5, 5.41) is 9.93. The maximum atomic E-state index is 13.9. The van der Waals surface area contributed by atoms with Crippen LogP contribution in [0.15, 0.2) is 42.5 Å². The summed E-state index contributed by atoms with van der Waals surface area (Å²) in [7, 11) is 3.16. The van der Waals surface area contributed by atoms with Crippen molar-refractivity contribution in [3.05, 3.63) is 75.3 Å². The highest BCUT2D eigenvalue weighted by atomic mass is 35.5. The van der Waals surface area contributed by atoms with E-state index in [0.29, 0.717) is 17.6 Å². The molecule has 4 rings (SSSR count). The summed E-state index contributed by atoms with van der Waals surface area (Å²) in [6.45, 7) is 0. The Morgan fingerprint density at radius 2 is 1.75 bits per heavy atom. The molecule has 4 aromatic rings. The van der Waals surface area contributed by atoms with Crippen LogP contribution in [-0.4, -0.2) is 22.7 Å². The summed E-state index contributed by atoms with van der Waals surface area (Å²) in [5.41, 5.74) is -1.69. The van der Waals surface area contributed by atoms with Gasteiger partial charge < -0.3 is 15.4 Å². The highest BCUT2D eigenvalue weighted by molar-refractivity contribution is 6.36. The summed E-state index contributed by atoms with van der Waals surface area (Å²) in [6, 6.07) is 6.08. The van der Waals surface area contributed by atoms with E-state index < -0.39 is 34.8 Å². The molecule has 188 valence electrons. The van der Waals surface area contributed by atoms with Gasteiger partial charge in [0.25, 0.3) is 5.91 Å². The lowest BCUT2D eigenvalue weighted by Gasteiger charge is -2.16. The number of aryl methyl sites for hydroxylation is 1. The van der Waals surface area contributed by atoms with Crippen LogP contribution >= 0.6 is 23.2 Å². The molecule has 2 N–H and O–H groups in total. The molecule has 0 saturated heterocycles. The van der Waals surface area contributed by atoms with Gasteiger partial charge in [-0.25, -0.2) is 8.78 Å². The lowest BCUT2D eigenvalue weighted by atomic mass is 10.1. The third kappa shape index (κ3) is 4.89. The van der Waals surface area contributed by atoms with Gasteiger partial charge in [0.1, 0.15) is 17.4 Å². The van der Waals surface area contributed by atoms with Crippen LogP contribution in [0.3, 0.4) is 0 Å². The third-order valence-corrected chi connectivity index (χ3v) is 5.69. The Balaban J connectivity index is 1.88. The molecule has 0 aliphatic heterocycles. The summed E-state index contributed by atoms with van der Waals surface area (Å²) < 4.78 is 74.5. The first kappa shape index (κ1) is 25.5. The highest BCUT2D eigenvalue weighted by Gasteiger charge is 2.32. The highest BCUT2D eigenvalue weighted by Crippen LogP contribution is 2.45. The zero-order valence-electron chi connectivity index (χ0n) is 18.4. The van der Waals surface area contributed by atoms with E-state index in [1.165, 1.54) is 16.8 Å². The lowest BCUT2D eigenvalue weighted by Crippen LogP contribution is -2.15. The molecule has 0 atom stereocenters. The molecule has 1 amide bonds. The molecular weight excluding hydrogens is 530 g/mol. The molecule has 0 aliphatic carbocycles. The number of nitrogens with one attached hydrogen (secondary N) is 2. The predicted molar refractivity (Wildman–Crippen MR) is 126 cm³/mol. The number of anilines is 2. The molecule has 0 radical (unpaired) electrons. The third-order valence-electron chi connectivity index (χ3n) is 5.09. The number of halogens is 7. The largest absolute Gasteiger partial charge is 0.453 e. The van der Waals surface area contributed by atoms with Crippen molar-refractivity contribution in [3.8, 4) is 11.5 Å². The van der Waals surface area contributed by atoms with E-state index in [-0.39, 0.29) is 44.5 Å². The molecular formula is C23H15Cl2F5N4O2. The number of hydrogen-bond donors (Lipinski definition) is 2. The second-order valence-electron chi connectivity index (χ2n) is 7.54. The molecule has 1 aromatic heterocycles.